The van der Waals surface area contributed by atoms with E-state index in [-0.39, 0.29) is 11.2 Å². The summed E-state index contributed by atoms with van der Waals surface area (Å²) in [5.41, 5.74) is 3.52. The fourth-order valence-corrected chi connectivity index (χ4v) is 3.25. The number of ketones is 1. The number of fused-ring (bicyclic) bond motifs is 1. The summed E-state index contributed by atoms with van der Waals surface area (Å²) in [6, 6.07) is 8.06. The lowest BCUT2D eigenvalue weighted by molar-refractivity contribution is 0.104. The number of rotatable bonds is 0. The number of benzene rings is 1. The second-order valence-electron chi connectivity index (χ2n) is 4.88. The standard InChI is InChI=1S/C13H11NO.CH2BI/c15-11-5-12-13(6-8(13)7-14-12)10-4-2-1-3-9(10)11;2-1-3/h1-5,8,14H,6-7H2;1H2. The Morgan fingerprint density at radius 1 is 1.44 bits per heavy atom. The van der Waals surface area contributed by atoms with Gasteiger partial charge in [0.15, 0.2) is 5.78 Å². The number of alkyl halides is 1. The van der Waals surface area contributed by atoms with Crippen molar-refractivity contribution in [3.8, 4) is 0 Å². The predicted octanol–water partition coefficient (Wildman–Crippen LogP) is 2.18. The topological polar surface area (TPSA) is 29.1 Å². The van der Waals surface area contributed by atoms with E-state index in [1.165, 1.54) is 12.0 Å². The molecule has 0 amide bonds. The van der Waals surface area contributed by atoms with E-state index in [0.29, 0.717) is 0 Å². The first-order valence-electron chi connectivity index (χ1n) is 6.10. The van der Waals surface area contributed by atoms with Crippen LogP contribution in [0, 0.1) is 5.92 Å². The molecule has 2 radical (unpaired) electrons. The molecule has 2 nitrogen and oxygen atoms in total. The van der Waals surface area contributed by atoms with Gasteiger partial charge in [-0.05, 0) is 22.2 Å². The molecule has 1 N–H and O–H groups in total. The molecule has 1 saturated carbocycles. The molecule has 2 atom stereocenters. The summed E-state index contributed by atoms with van der Waals surface area (Å²) in [6.07, 6.45) is 3.02. The summed E-state index contributed by atoms with van der Waals surface area (Å²) < 4.78 is 0.720. The lowest BCUT2D eigenvalue weighted by Gasteiger charge is -2.23. The molecule has 1 aliphatic heterocycles. The molecule has 0 aromatic heterocycles. The largest absolute Gasteiger partial charge is 0.387 e. The van der Waals surface area contributed by atoms with Crippen molar-refractivity contribution < 1.29 is 4.79 Å². The summed E-state index contributed by atoms with van der Waals surface area (Å²) in [4.78, 5) is 11.9. The first-order chi connectivity index (χ1) is 8.74. The Hall–Kier alpha value is -0.775. The Morgan fingerprint density at radius 2 is 2.17 bits per heavy atom. The number of carbonyl (C=O) groups excluding carboxylic acids is 1. The zero-order chi connectivity index (χ0) is 12.8. The Kier molecular flexibility index (Phi) is 3.00. The van der Waals surface area contributed by atoms with Crippen molar-refractivity contribution in [2.75, 3.05) is 10.9 Å². The van der Waals surface area contributed by atoms with Gasteiger partial charge in [-0.25, -0.2) is 0 Å². The summed E-state index contributed by atoms with van der Waals surface area (Å²) in [6.45, 7) is 1.04. The maximum atomic E-state index is 11.9. The Labute approximate surface area is 122 Å². The predicted molar refractivity (Wildman–Crippen MR) is 81.3 cm³/mol. The van der Waals surface area contributed by atoms with Gasteiger partial charge in [-0.2, -0.15) is 0 Å². The second kappa shape index (κ2) is 4.40. The molecular formula is C14H13BINO. The minimum atomic E-state index is 0.159. The van der Waals surface area contributed by atoms with Gasteiger partial charge in [0.25, 0.3) is 0 Å². The van der Waals surface area contributed by atoms with Crippen LogP contribution in [0.25, 0.3) is 0 Å². The van der Waals surface area contributed by atoms with Crippen LogP contribution in [0.5, 0.6) is 0 Å². The normalized spacial score (nSPS) is 29.9. The van der Waals surface area contributed by atoms with E-state index < -0.39 is 0 Å². The lowest BCUT2D eigenvalue weighted by atomic mass is 9.82. The Balaban J connectivity index is 0.000000307. The molecule has 4 rings (SSSR count). The molecule has 1 aromatic carbocycles. The van der Waals surface area contributed by atoms with Crippen molar-refractivity contribution in [3.63, 3.8) is 0 Å². The first-order valence-corrected chi connectivity index (χ1v) is 7.62. The third kappa shape index (κ3) is 1.58. The third-order valence-corrected chi connectivity index (χ3v) is 4.07. The number of hydrogen-bond donors (Lipinski definition) is 1. The highest BCUT2D eigenvalue weighted by atomic mass is 127. The van der Waals surface area contributed by atoms with Crippen LogP contribution in [0.4, 0.5) is 0 Å². The minimum Gasteiger partial charge on any atom is -0.387 e. The van der Waals surface area contributed by atoms with Crippen molar-refractivity contribution in [3.05, 3.63) is 47.2 Å². The zero-order valence-electron chi connectivity index (χ0n) is 9.95. The fourth-order valence-electron chi connectivity index (χ4n) is 3.25. The van der Waals surface area contributed by atoms with Crippen LogP contribution in [0.1, 0.15) is 22.3 Å². The molecule has 90 valence electrons. The Morgan fingerprint density at radius 3 is 2.89 bits per heavy atom. The van der Waals surface area contributed by atoms with E-state index in [4.69, 9.17) is 7.85 Å². The summed E-state index contributed by atoms with van der Waals surface area (Å²) in [5, 5.41) is 3.36. The second-order valence-corrected chi connectivity index (χ2v) is 5.76. The van der Waals surface area contributed by atoms with Crippen LogP contribution < -0.4 is 5.32 Å². The summed E-state index contributed by atoms with van der Waals surface area (Å²) in [5.74, 6) is 0.879. The van der Waals surface area contributed by atoms with Crippen molar-refractivity contribution in [2.24, 2.45) is 5.92 Å². The van der Waals surface area contributed by atoms with Crippen molar-refractivity contribution in [2.45, 2.75) is 11.8 Å². The molecule has 2 unspecified atom stereocenters. The van der Waals surface area contributed by atoms with Gasteiger partial charge >= 0.3 is 0 Å². The van der Waals surface area contributed by atoms with Gasteiger partial charge in [0, 0.05) is 29.3 Å². The molecule has 1 heterocycles. The number of piperidine rings is 1. The molecule has 1 aromatic rings. The highest BCUT2D eigenvalue weighted by Crippen LogP contribution is 2.63. The van der Waals surface area contributed by atoms with Crippen molar-refractivity contribution >= 4 is 36.2 Å². The summed E-state index contributed by atoms with van der Waals surface area (Å²) in [7, 11) is 4.83. The van der Waals surface area contributed by atoms with Crippen LogP contribution in [-0.4, -0.2) is 24.5 Å². The number of halogens is 1. The molecule has 2 fully saturated rings. The molecule has 2 aliphatic carbocycles. The third-order valence-electron chi connectivity index (χ3n) is 4.07. The highest BCUT2D eigenvalue weighted by molar-refractivity contribution is 14.1. The van der Waals surface area contributed by atoms with Gasteiger partial charge < -0.3 is 5.32 Å². The van der Waals surface area contributed by atoms with Gasteiger partial charge in [-0.3, -0.25) is 4.79 Å². The van der Waals surface area contributed by atoms with Crippen LogP contribution in [0.3, 0.4) is 0 Å². The molecule has 18 heavy (non-hydrogen) atoms. The maximum Gasteiger partial charge on any atom is 0.187 e. The van der Waals surface area contributed by atoms with E-state index in [1.807, 2.05) is 18.2 Å². The number of nitrogens with one attached hydrogen (secondary N) is 1. The van der Waals surface area contributed by atoms with Gasteiger partial charge in [0.2, 0.25) is 0 Å². The van der Waals surface area contributed by atoms with E-state index in [2.05, 4.69) is 34.0 Å². The van der Waals surface area contributed by atoms with Crippen molar-refractivity contribution in [1.82, 2.24) is 5.32 Å². The number of allylic oxidation sites excluding steroid dienone is 2. The maximum absolute atomic E-state index is 11.9. The van der Waals surface area contributed by atoms with Crippen LogP contribution in [0.2, 0.25) is 0 Å². The number of carbonyl (C=O) groups is 1. The quantitative estimate of drug-likeness (QED) is 0.442. The minimum absolute atomic E-state index is 0.159. The molecule has 1 spiro atoms. The average molecular weight is 349 g/mol. The van der Waals surface area contributed by atoms with Crippen LogP contribution in [0.15, 0.2) is 36.0 Å². The molecular weight excluding hydrogens is 336 g/mol. The average Bonchev–Trinajstić information content (AvgIpc) is 3.00. The molecule has 0 bridgehead atoms. The monoisotopic (exact) mass is 349 g/mol. The van der Waals surface area contributed by atoms with Gasteiger partial charge in [0.1, 0.15) is 0 Å². The number of hydrogen-bond acceptors (Lipinski definition) is 2. The van der Waals surface area contributed by atoms with Crippen LogP contribution >= 0.6 is 22.6 Å². The lowest BCUT2D eigenvalue weighted by Crippen LogP contribution is -2.24. The van der Waals surface area contributed by atoms with Gasteiger partial charge in [0.05, 0.1) is 7.85 Å². The van der Waals surface area contributed by atoms with E-state index in [0.717, 1.165) is 28.1 Å². The fraction of sp³-hybridized carbons (Fsp3) is 0.357. The summed E-state index contributed by atoms with van der Waals surface area (Å²) >= 11 is 2.07. The highest BCUT2D eigenvalue weighted by Gasteiger charge is 2.63. The van der Waals surface area contributed by atoms with E-state index in [9.17, 15) is 4.79 Å². The molecule has 1 saturated heterocycles. The van der Waals surface area contributed by atoms with E-state index in [1.54, 1.807) is 6.08 Å². The van der Waals surface area contributed by atoms with Gasteiger partial charge in [-0.1, -0.05) is 46.9 Å². The molecule has 3 aliphatic rings. The smallest absolute Gasteiger partial charge is 0.187 e. The van der Waals surface area contributed by atoms with Crippen molar-refractivity contribution in [1.29, 1.82) is 0 Å². The SMILES string of the molecule is O=C1C=C2NCC3CC23c2ccccc21.[B]CI. The molecule has 4 heteroatoms. The van der Waals surface area contributed by atoms with Gasteiger partial charge in [-0.15, -0.1) is 0 Å². The van der Waals surface area contributed by atoms with E-state index >= 15 is 0 Å². The first kappa shape index (κ1) is 12.3. The Bertz CT molecular complexity index is 542. The van der Waals surface area contributed by atoms with Crippen LogP contribution in [-0.2, 0) is 5.41 Å². The zero-order valence-corrected chi connectivity index (χ0v) is 12.1.